The van der Waals surface area contributed by atoms with Gasteiger partial charge in [0.15, 0.2) is 11.0 Å². The molecule has 0 atom stereocenters. The number of carbonyl (C=O) groups is 1. The van der Waals surface area contributed by atoms with Crippen molar-refractivity contribution in [1.29, 1.82) is 0 Å². The standard InChI is InChI=1S/C10H12ClFN2O/c1-2-3-4-13-10(15)7-5-8(12)9(11)14-6-7/h5-6H,2-4H2,1H3,(H,13,15). The molecular formula is C10H12ClFN2O. The Morgan fingerprint density at radius 3 is 3.00 bits per heavy atom. The molecule has 5 heteroatoms. The number of aromatic nitrogens is 1. The maximum absolute atomic E-state index is 13.0. The van der Waals surface area contributed by atoms with Crippen molar-refractivity contribution in [3.8, 4) is 0 Å². The van der Waals surface area contributed by atoms with Crippen LogP contribution in [0.3, 0.4) is 0 Å². The van der Waals surface area contributed by atoms with Gasteiger partial charge in [-0.25, -0.2) is 9.37 Å². The third-order valence-electron chi connectivity index (χ3n) is 1.87. The molecule has 1 amide bonds. The first kappa shape index (κ1) is 11.9. The van der Waals surface area contributed by atoms with Crippen LogP contribution < -0.4 is 5.32 Å². The molecule has 0 aliphatic carbocycles. The van der Waals surface area contributed by atoms with Gasteiger partial charge in [0.2, 0.25) is 0 Å². The van der Waals surface area contributed by atoms with Crippen LogP contribution in [0.25, 0.3) is 0 Å². The van der Waals surface area contributed by atoms with Crippen molar-refractivity contribution < 1.29 is 9.18 Å². The average Bonchev–Trinajstić information content (AvgIpc) is 2.22. The van der Waals surface area contributed by atoms with E-state index in [1.54, 1.807) is 0 Å². The lowest BCUT2D eigenvalue weighted by molar-refractivity contribution is 0.0952. The molecule has 1 rings (SSSR count). The molecule has 1 N–H and O–H groups in total. The predicted octanol–water partition coefficient (Wildman–Crippen LogP) is 2.40. The highest BCUT2D eigenvalue weighted by Gasteiger charge is 2.08. The van der Waals surface area contributed by atoms with Crippen molar-refractivity contribution in [2.75, 3.05) is 6.54 Å². The Bertz CT molecular complexity index is 357. The van der Waals surface area contributed by atoms with E-state index in [1.165, 1.54) is 6.20 Å². The first-order chi connectivity index (χ1) is 7.15. The number of rotatable bonds is 4. The highest BCUT2D eigenvalue weighted by atomic mass is 35.5. The zero-order chi connectivity index (χ0) is 11.3. The van der Waals surface area contributed by atoms with Gasteiger partial charge in [-0.05, 0) is 12.5 Å². The van der Waals surface area contributed by atoms with Crippen molar-refractivity contribution >= 4 is 17.5 Å². The molecule has 0 spiro atoms. The van der Waals surface area contributed by atoms with Crippen molar-refractivity contribution in [3.63, 3.8) is 0 Å². The Balaban J connectivity index is 2.62. The van der Waals surface area contributed by atoms with Crippen molar-refractivity contribution in [2.45, 2.75) is 19.8 Å². The van der Waals surface area contributed by atoms with Gasteiger partial charge < -0.3 is 5.32 Å². The van der Waals surface area contributed by atoms with Gasteiger partial charge in [0.25, 0.3) is 5.91 Å². The Morgan fingerprint density at radius 1 is 1.67 bits per heavy atom. The summed E-state index contributed by atoms with van der Waals surface area (Å²) in [5.74, 6) is -1.01. The Kier molecular flexibility index (Phi) is 4.49. The minimum atomic E-state index is -0.681. The highest BCUT2D eigenvalue weighted by molar-refractivity contribution is 6.29. The molecule has 0 aromatic carbocycles. The van der Waals surface area contributed by atoms with E-state index in [4.69, 9.17) is 11.6 Å². The van der Waals surface area contributed by atoms with Crippen LogP contribution in [-0.4, -0.2) is 17.4 Å². The molecular weight excluding hydrogens is 219 g/mol. The fraction of sp³-hybridized carbons (Fsp3) is 0.400. The van der Waals surface area contributed by atoms with Crippen LogP contribution in [0.15, 0.2) is 12.3 Å². The summed E-state index contributed by atoms with van der Waals surface area (Å²) in [5, 5.41) is 2.44. The molecule has 0 radical (unpaired) electrons. The smallest absolute Gasteiger partial charge is 0.252 e. The zero-order valence-electron chi connectivity index (χ0n) is 8.39. The number of amides is 1. The van der Waals surface area contributed by atoms with Gasteiger partial charge in [0.05, 0.1) is 5.56 Å². The van der Waals surface area contributed by atoms with E-state index >= 15 is 0 Å². The third kappa shape index (κ3) is 3.47. The molecule has 82 valence electrons. The maximum atomic E-state index is 13.0. The van der Waals surface area contributed by atoms with E-state index in [0.29, 0.717) is 6.54 Å². The Labute approximate surface area is 92.7 Å². The van der Waals surface area contributed by atoms with Crippen LogP contribution in [0.4, 0.5) is 4.39 Å². The lowest BCUT2D eigenvalue weighted by atomic mass is 10.2. The molecule has 0 aliphatic rings. The van der Waals surface area contributed by atoms with Gasteiger partial charge in [-0.15, -0.1) is 0 Å². The lowest BCUT2D eigenvalue weighted by Gasteiger charge is -2.03. The van der Waals surface area contributed by atoms with E-state index in [-0.39, 0.29) is 16.6 Å². The average molecular weight is 231 g/mol. The first-order valence-corrected chi connectivity index (χ1v) is 5.12. The number of carbonyl (C=O) groups excluding carboxylic acids is 1. The van der Waals surface area contributed by atoms with Crippen LogP contribution in [0.1, 0.15) is 30.1 Å². The van der Waals surface area contributed by atoms with Crippen LogP contribution in [0.5, 0.6) is 0 Å². The second-order valence-electron chi connectivity index (χ2n) is 3.11. The summed E-state index contributed by atoms with van der Waals surface area (Å²) < 4.78 is 13.0. The second-order valence-corrected chi connectivity index (χ2v) is 3.46. The maximum Gasteiger partial charge on any atom is 0.252 e. The van der Waals surface area contributed by atoms with Crippen LogP contribution >= 0.6 is 11.6 Å². The second kappa shape index (κ2) is 5.66. The number of halogens is 2. The molecule has 3 nitrogen and oxygen atoms in total. The summed E-state index contributed by atoms with van der Waals surface area (Å²) in [4.78, 5) is 15.0. The molecule has 0 saturated carbocycles. The number of hydrogen-bond acceptors (Lipinski definition) is 2. The van der Waals surface area contributed by atoms with E-state index in [2.05, 4.69) is 10.3 Å². The van der Waals surface area contributed by atoms with E-state index < -0.39 is 5.82 Å². The number of hydrogen-bond donors (Lipinski definition) is 1. The summed E-state index contributed by atoms with van der Waals surface area (Å²) in [7, 11) is 0. The Hall–Kier alpha value is -1.16. The number of nitrogens with one attached hydrogen (secondary N) is 1. The molecule has 0 fully saturated rings. The molecule has 0 unspecified atom stereocenters. The van der Waals surface area contributed by atoms with E-state index in [1.807, 2.05) is 6.92 Å². The van der Waals surface area contributed by atoms with Crippen LogP contribution in [0, 0.1) is 5.82 Å². The topological polar surface area (TPSA) is 42.0 Å². The zero-order valence-corrected chi connectivity index (χ0v) is 9.14. The van der Waals surface area contributed by atoms with Gasteiger partial charge in [0, 0.05) is 12.7 Å². The fourth-order valence-electron chi connectivity index (χ4n) is 1.03. The summed E-state index contributed by atoms with van der Waals surface area (Å²) in [5.41, 5.74) is 0.188. The molecule has 15 heavy (non-hydrogen) atoms. The van der Waals surface area contributed by atoms with Gasteiger partial charge >= 0.3 is 0 Å². The molecule has 0 bridgehead atoms. The van der Waals surface area contributed by atoms with E-state index in [0.717, 1.165) is 18.9 Å². The number of pyridine rings is 1. The largest absolute Gasteiger partial charge is 0.352 e. The van der Waals surface area contributed by atoms with Crippen LogP contribution in [-0.2, 0) is 0 Å². The Morgan fingerprint density at radius 2 is 2.40 bits per heavy atom. The van der Waals surface area contributed by atoms with Gasteiger partial charge in [-0.1, -0.05) is 24.9 Å². The third-order valence-corrected chi connectivity index (χ3v) is 2.15. The van der Waals surface area contributed by atoms with Gasteiger partial charge in [-0.3, -0.25) is 4.79 Å². The molecule has 1 heterocycles. The summed E-state index contributed by atoms with van der Waals surface area (Å²) in [6.45, 7) is 2.61. The normalized spacial score (nSPS) is 10.1. The molecule has 1 aromatic heterocycles. The van der Waals surface area contributed by atoms with Crippen LogP contribution in [0.2, 0.25) is 5.15 Å². The summed E-state index contributed by atoms with van der Waals surface area (Å²) in [6.07, 6.45) is 3.15. The van der Waals surface area contributed by atoms with Crippen molar-refractivity contribution in [3.05, 3.63) is 28.8 Å². The summed E-state index contributed by atoms with van der Waals surface area (Å²) in [6, 6.07) is 1.08. The quantitative estimate of drug-likeness (QED) is 0.638. The van der Waals surface area contributed by atoms with Crippen molar-refractivity contribution in [2.24, 2.45) is 0 Å². The summed E-state index contributed by atoms with van der Waals surface area (Å²) >= 11 is 5.39. The predicted molar refractivity (Wildman–Crippen MR) is 56.4 cm³/mol. The van der Waals surface area contributed by atoms with Gasteiger partial charge in [0.1, 0.15) is 0 Å². The fourth-order valence-corrected chi connectivity index (χ4v) is 1.13. The monoisotopic (exact) mass is 230 g/mol. The number of nitrogens with zero attached hydrogens (tertiary/aromatic N) is 1. The lowest BCUT2D eigenvalue weighted by Crippen LogP contribution is -2.24. The molecule has 0 saturated heterocycles. The molecule has 0 aliphatic heterocycles. The number of unbranched alkanes of at least 4 members (excludes halogenated alkanes) is 1. The minimum absolute atomic E-state index is 0.188. The van der Waals surface area contributed by atoms with Gasteiger partial charge in [-0.2, -0.15) is 0 Å². The van der Waals surface area contributed by atoms with Crippen molar-refractivity contribution in [1.82, 2.24) is 10.3 Å². The SMILES string of the molecule is CCCCNC(=O)c1cnc(Cl)c(F)c1. The van der Waals surface area contributed by atoms with E-state index in [9.17, 15) is 9.18 Å². The minimum Gasteiger partial charge on any atom is -0.352 e. The molecule has 1 aromatic rings. The highest BCUT2D eigenvalue weighted by Crippen LogP contribution is 2.11. The first-order valence-electron chi connectivity index (χ1n) is 4.74.